The van der Waals surface area contributed by atoms with Gasteiger partial charge in [0.15, 0.2) is 0 Å². The Kier molecular flexibility index (Phi) is 8.23. The molecule has 0 aliphatic carbocycles. The van der Waals surface area contributed by atoms with Crippen LogP contribution in [0.25, 0.3) is 0 Å². The molecule has 0 saturated carbocycles. The number of aliphatic hydroxyl groups excluding tert-OH is 2. The number of amides is 1. The second-order valence-corrected chi connectivity index (χ2v) is 9.34. The van der Waals surface area contributed by atoms with Gasteiger partial charge in [0.1, 0.15) is 4.88 Å². The molecule has 0 radical (unpaired) electrons. The average molecular weight is 446 g/mol. The van der Waals surface area contributed by atoms with E-state index in [0.29, 0.717) is 17.7 Å². The maximum Gasteiger partial charge on any atom is 0.345 e. The Morgan fingerprint density at radius 1 is 1.16 bits per heavy atom. The van der Waals surface area contributed by atoms with E-state index in [1.165, 1.54) is 11.3 Å². The topological polar surface area (TPSA) is 98.1 Å². The van der Waals surface area contributed by atoms with Crippen molar-refractivity contribution in [2.24, 2.45) is 0 Å². The molecule has 1 fully saturated rings. The predicted octanol–water partition coefficient (Wildman–Crippen LogP) is 4.55. The largest absolute Gasteiger partial charge is 0.477 e. The summed E-state index contributed by atoms with van der Waals surface area (Å²) in [6.07, 6.45) is 4.90. The summed E-state index contributed by atoms with van der Waals surface area (Å²) in [6.45, 7) is 2.13. The fraction of sp³-hybridized carbons (Fsp3) is 0.500. The van der Waals surface area contributed by atoms with E-state index in [1.807, 2.05) is 30.3 Å². The number of benzene rings is 1. The van der Waals surface area contributed by atoms with E-state index in [-0.39, 0.29) is 18.4 Å². The number of carboxylic acids is 1. The molecule has 0 spiro atoms. The molecule has 7 heteroatoms. The quantitative estimate of drug-likeness (QED) is 0.441. The summed E-state index contributed by atoms with van der Waals surface area (Å²) in [5.74, 6) is -1.02. The van der Waals surface area contributed by atoms with Crippen molar-refractivity contribution >= 4 is 28.9 Å². The number of anilines is 1. The van der Waals surface area contributed by atoms with Crippen molar-refractivity contribution in [3.05, 3.63) is 51.7 Å². The Labute approximate surface area is 187 Å². The molecular formula is C24H31NO5S. The smallest absolute Gasteiger partial charge is 0.345 e. The van der Waals surface area contributed by atoms with Gasteiger partial charge < -0.3 is 20.2 Å². The van der Waals surface area contributed by atoms with Crippen LogP contribution < -0.4 is 4.90 Å². The summed E-state index contributed by atoms with van der Waals surface area (Å²) < 4.78 is 0. The van der Waals surface area contributed by atoms with Crippen molar-refractivity contribution in [3.63, 3.8) is 0 Å². The highest BCUT2D eigenvalue weighted by molar-refractivity contribution is 7.13. The van der Waals surface area contributed by atoms with E-state index in [2.05, 4.69) is 6.92 Å². The molecule has 1 aliphatic heterocycles. The van der Waals surface area contributed by atoms with E-state index in [0.717, 1.165) is 48.2 Å². The van der Waals surface area contributed by atoms with Gasteiger partial charge in [-0.25, -0.2) is 4.79 Å². The van der Waals surface area contributed by atoms with Crippen LogP contribution in [0, 0.1) is 0 Å². The lowest BCUT2D eigenvalue weighted by Gasteiger charge is -2.27. The molecule has 6 nitrogen and oxygen atoms in total. The van der Waals surface area contributed by atoms with Crippen LogP contribution in [-0.2, 0) is 11.2 Å². The molecule has 2 aromatic rings. The van der Waals surface area contributed by atoms with Crippen molar-refractivity contribution in [3.8, 4) is 0 Å². The highest BCUT2D eigenvalue weighted by atomic mass is 32.1. The van der Waals surface area contributed by atoms with E-state index in [1.54, 1.807) is 11.0 Å². The zero-order valence-electron chi connectivity index (χ0n) is 17.9. The first-order chi connectivity index (χ1) is 14.9. The number of carbonyl (C=O) groups excluding carboxylic acids is 1. The first kappa shape index (κ1) is 23.4. The van der Waals surface area contributed by atoms with Crippen LogP contribution >= 0.6 is 11.3 Å². The maximum absolute atomic E-state index is 12.6. The number of carbonyl (C=O) groups is 2. The van der Waals surface area contributed by atoms with Gasteiger partial charge in [0.05, 0.1) is 24.7 Å². The average Bonchev–Trinajstić information content (AvgIpc) is 3.33. The Morgan fingerprint density at radius 2 is 1.90 bits per heavy atom. The summed E-state index contributed by atoms with van der Waals surface area (Å²) in [7, 11) is 0. The van der Waals surface area contributed by atoms with Crippen molar-refractivity contribution < 1.29 is 24.9 Å². The Hall–Kier alpha value is -2.22. The SMILES string of the molecule is CCCCCC(O)c1ccc(N2C(=O)C[C@@H](O)[C@@H]2CCCc2ccc(C(=O)O)s2)cc1. The number of unbranched alkanes of at least 4 members (excludes halogenated alkanes) is 2. The van der Waals surface area contributed by atoms with Crippen LogP contribution in [-0.4, -0.2) is 39.3 Å². The summed E-state index contributed by atoms with van der Waals surface area (Å²) >= 11 is 1.27. The normalized spacial score (nSPS) is 19.7. The number of aromatic carboxylic acids is 1. The molecule has 1 unspecified atom stereocenters. The third-order valence-electron chi connectivity index (χ3n) is 5.86. The lowest BCUT2D eigenvalue weighted by molar-refractivity contribution is -0.117. The van der Waals surface area contributed by atoms with Gasteiger partial charge in [-0.2, -0.15) is 0 Å². The van der Waals surface area contributed by atoms with Crippen LogP contribution in [0.15, 0.2) is 36.4 Å². The molecule has 1 aromatic heterocycles. The molecule has 2 heterocycles. The van der Waals surface area contributed by atoms with Crippen molar-refractivity contribution in [2.45, 2.75) is 76.5 Å². The lowest BCUT2D eigenvalue weighted by Crippen LogP contribution is -2.37. The van der Waals surface area contributed by atoms with Crippen LogP contribution in [0.5, 0.6) is 0 Å². The van der Waals surface area contributed by atoms with Gasteiger partial charge in [-0.1, -0.05) is 38.3 Å². The highest BCUT2D eigenvalue weighted by Crippen LogP contribution is 2.32. The number of aryl methyl sites for hydroxylation is 1. The van der Waals surface area contributed by atoms with E-state index in [9.17, 15) is 19.8 Å². The number of hydrogen-bond donors (Lipinski definition) is 3. The fourth-order valence-corrected chi connectivity index (χ4v) is 5.04. The monoisotopic (exact) mass is 445 g/mol. The molecule has 1 aliphatic rings. The predicted molar refractivity (Wildman–Crippen MR) is 122 cm³/mol. The number of aliphatic hydroxyl groups is 2. The molecule has 1 amide bonds. The van der Waals surface area contributed by atoms with Crippen molar-refractivity contribution in [1.29, 1.82) is 0 Å². The minimum atomic E-state index is -0.918. The van der Waals surface area contributed by atoms with Gasteiger partial charge in [0, 0.05) is 10.6 Å². The minimum Gasteiger partial charge on any atom is -0.477 e. The second kappa shape index (κ2) is 10.9. The first-order valence-corrected chi connectivity index (χ1v) is 11.8. The lowest BCUT2D eigenvalue weighted by atomic mass is 10.0. The standard InChI is InChI=1S/C24H31NO5S/c1-2-3-4-8-20(26)16-9-11-17(12-10-16)25-19(21(27)15-23(25)28)7-5-6-18-13-14-22(31-18)24(29)30/h9-14,19-21,26-27H,2-8,15H2,1H3,(H,29,30)/t19-,20?,21+/m0/s1. The van der Waals surface area contributed by atoms with Gasteiger partial charge in [-0.3, -0.25) is 4.79 Å². The molecule has 168 valence electrons. The van der Waals surface area contributed by atoms with E-state index < -0.39 is 18.2 Å². The van der Waals surface area contributed by atoms with Crippen molar-refractivity contribution in [1.82, 2.24) is 0 Å². The molecule has 3 rings (SSSR count). The van der Waals surface area contributed by atoms with Crippen LogP contribution in [0.1, 0.15) is 78.1 Å². The Balaban J connectivity index is 1.61. The van der Waals surface area contributed by atoms with Crippen LogP contribution in [0.4, 0.5) is 5.69 Å². The molecule has 31 heavy (non-hydrogen) atoms. The van der Waals surface area contributed by atoms with Gasteiger partial charge >= 0.3 is 5.97 Å². The highest BCUT2D eigenvalue weighted by Gasteiger charge is 2.39. The van der Waals surface area contributed by atoms with Gasteiger partial charge in [0.2, 0.25) is 5.91 Å². The van der Waals surface area contributed by atoms with Gasteiger partial charge in [-0.05, 0) is 55.5 Å². The Bertz CT molecular complexity index is 878. The second-order valence-electron chi connectivity index (χ2n) is 8.17. The molecule has 1 aromatic carbocycles. The number of nitrogens with zero attached hydrogens (tertiary/aromatic N) is 1. The summed E-state index contributed by atoms with van der Waals surface area (Å²) in [6, 6.07) is 10.6. The fourth-order valence-electron chi connectivity index (χ4n) is 4.15. The zero-order chi connectivity index (χ0) is 22.4. The van der Waals surface area contributed by atoms with Crippen molar-refractivity contribution in [2.75, 3.05) is 4.90 Å². The minimum absolute atomic E-state index is 0.0990. The molecular weight excluding hydrogens is 414 g/mol. The summed E-state index contributed by atoms with van der Waals surface area (Å²) in [4.78, 5) is 26.6. The van der Waals surface area contributed by atoms with E-state index in [4.69, 9.17) is 5.11 Å². The van der Waals surface area contributed by atoms with Gasteiger partial charge in [0.25, 0.3) is 0 Å². The van der Waals surface area contributed by atoms with E-state index >= 15 is 0 Å². The summed E-state index contributed by atoms with van der Waals surface area (Å²) in [5.41, 5.74) is 1.58. The number of carboxylic acid groups (broad SMARTS) is 1. The number of thiophene rings is 1. The first-order valence-electron chi connectivity index (χ1n) is 11.0. The molecule has 3 N–H and O–H groups in total. The maximum atomic E-state index is 12.6. The Morgan fingerprint density at radius 3 is 2.55 bits per heavy atom. The number of hydrogen-bond acceptors (Lipinski definition) is 5. The zero-order valence-corrected chi connectivity index (χ0v) is 18.7. The van der Waals surface area contributed by atoms with Crippen LogP contribution in [0.2, 0.25) is 0 Å². The molecule has 3 atom stereocenters. The van der Waals surface area contributed by atoms with Gasteiger partial charge in [-0.15, -0.1) is 11.3 Å². The molecule has 0 bridgehead atoms. The third-order valence-corrected chi connectivity index (χ3v) is 6.99. The third kappa shape index (κ3) is 5.93. The van der Waals surface area contributed by atoms with Crippen LogP contribution in [0.3, 0.4) is 0 Å². The number of rotatable bonds is 11. The molecule has 1 saturated heterocycles. The summed E-state index contributed by atoms with van der Waals surface area (Å²) in [5, 5.41) is 29.9.